The van der Waals surface area contributed by atoms with Crippen molar-refractivity contribution in [3.8, 4) is 0 Å². The highest BCUT2D eigenvalue weighted by molar-refractivity contribution is 5.94. The van der Waals surface area contributed by atoms with Crippen LogP contribution in [0.3, 0.4) is 0 Å². The Balaban J connectivity index is 0.00000288. The van der Waals surface area contributed by atoms with Crippen molar-refractivity contribution >= 4 is 35.7 Å². The second-order valence-corrected chi connectivity index (χ2v) is 5.64. The van der Waals surface area contributed by atoms with Crippen molar-refractivity contribution in [2.75, 3.05) is 31.6 Å². The zero-order valence-electron chi connectivity index (χ0n) is 13.3. The van der Waals surface area contributed by atoms with Crippen molar-refractivity contribution in [1.29, 1.82) is 0 Å². The summed E-state index contributed by atoms with van der Waals surface area (Å²) in [5, 5.41) is 19.7. The van der Waals surface area contributed by atoms with Crippen molar-refractivity contribution < 1.29 is 19.6 Å². The number of nitro groups is 1. The van der Waals surface area contributed by atoms with Gasteiger partial charge in [0, 0.05) is 31.4 Å². The van der Waals surface area contributed by atoms with E-state index in [2.05, 4.69) is 0 Å². The molecular formula is C15H20ClN3O5. The quantitative estimate of drug-likeness (QED) is 0.636. The monoisotopic (exact) mass is 357 g/mol. The minimum atomic E-state index is -0.828. The number of piperidine rings is 1. The van der Waals surface area contributed by atoms with Crippen LogP contribution in [0.1, 0.15) is 12.8 Å². The maximum Gasteiger partial charge on any atom is 0.307 e. The van der Waals surface area contributed by atoms with Crippen molar-refractivity contribution in [1.82, 2.24) is 4.90 Å². The molecule has 0 bridgehead atoms. The van der Waals surface area contributed by atoms with Gasteiger partial charge in [-0.15, -0.1) is 12.4 Å². The highest BCUT2D eigenvalue weighted by atomic mass is 35.5. The van der Waals surface area contributed by atoms with Gasteiger partial charge in [0.25, 0.3) is 5.69 Å². The molecule has 8 nitrogen and oxygen atoms in total. The summed E-state index contributed by atoms with van der Waals surface area (Å²) in [6.07, 6.45) is 1.39. The van der Waals surface area contributed by atoms with Crippen molar-refractivity contribution in [3.05, 3.63) is 34.4 Å². The second kappa shape index (κ2) is 8.60. The number of aliphatic carboxylic acids is 1. The Morgan fingerprint density at radius 2 is 2.00 bits per heavy atom. The van der Waals surface area contributed by atoms with Crippen LogP contribution in [0.5, 0.6) is 0 Å². The SMILES string of the molecule is CN(C(=O)CN1CCCC(C(=O)O)C1)c1ccc([N+](=O)[O-])cc1.Cl. The summed E-state index contributed by atoms with van der Waals surface area (Å²) < 4.78 is 0. The van der Waals surface area contributed by atoms with Crippen LogP contribution in [0, 0.1) is 16.0 Å². The number of nitrogens with zero attached hydrogens (tertiary/aromatic N) is 3. The molecule has 24 heavy (non-hydrogen) atoms. The molecular weight excluding hydrogens is 338 g/mol. The van der Waals surface area contributed by atoms with Crippen LogP contribution in [-0.4, -0.2) is 53.5 Å². The minimum Gasteiger partial charge on any atom is -0.481 e. The van der Waals surface area contributed by atoms with Gasteiger partial charge in [0.1, 0.15) is 0 Å². The van der Waals surface area contributed by atoms with Crippen LogP contribution >= 0.6 is 12.4 Å². The van der Waals surface area contributed by atoms with Crippen molar-refractivity contribution in [2.24, 2.45) is 5.92 Å². The summed E-state index contributed by atoms with van der Waals surface area (Å²) in [7, 11) is 1.60. The molecule has 1 N–H and O–H groups in total. The Morgan fingerprint density at radius 3 is 2.54 bits per heavy atom. The minimum absolute atomic E-state index is 0. The molecule has 1 heterocycles. The molecule has 1 aromatic carbocycles. The van der Waals surface area contributed by atoms with Gasteiger partial charge in [-0.05, 0) is 31.5 Å². The molecule has 0 spiro atoms. The number of likely N-dealkylation sites (N-methyl/N-ethyl adjacent to an activating group) is 1. The molecule has 0 saturated carbocycles. The fourth-order valence-electron chi connectivity index (χ4n) is 2.64. The van der Waals surface area contributed by atoms with Gasteiger partial charge in [-0.1, -0.05) is 0 Å². The molecule has 0 aliphatic carbocycles. The number of carboxylic acid groups (broad SMARTS) is 1. The first-order valence-electron chi connectivity index (χ1n) is 7.34. The number of hydrogen-bond acceptors (Lipinski definition) is 5. The molecule has 2 rings (SSSR count). The zero-order chi connectivity index (χ0) is 17.0. The molecule has 0 radical (unpaired) electrons. The first-order valence-corrected chi connectivity index (χ1v) is 7.34. The topological polar surface area (TPSA) is 104 Å². The van der Waals surface area contributed by atoms with Crippen LogP contribution in [-0.2, 0) is 9.59 Å². The fourth-order valence-corrected chi connectivity index (χ4v) is 2.64. The predicted molar refractivity (Wildman–Crippen MR) is 90.6 cm³/mol. The molecule has 1 aliphatic heterocycles. The highest BCUT2D eigenvalue weighted by Gasteiger charge is 2.27. The number of anilines is 1. The predicted octanol–water partition coefficient (Wildman–Crippen LogP) is 1.78. The van der Waals surface area contributed by atoms with E-state index in [9.17, 15) is 19.7 Å². The summed E-state index contributed by atoms with van der Waals surface area (Å²) in [4.78, 5) is 36.8. The van der Waals surface area contributed by atoms with Gasteiger partial charge in [-0.3, -0.25) is 24.6 Å². The lowest BCUT2D eigenvalue weighted by molar-refractivity contribution is -0.384. The standard InChI is InChI=1S/C15H19N3O5.ClH/c1-16(12-4-6-13(7-5-12)18(22)23)14(19)10-17-8-2-3-11(9-17)15(20)21;/h4-7,11H,2-3,8-10H2,1H3,(H,20,21);1H. The molecule has 1 atom stereocenters. The number of likely N-dealkylation sites (tertiary alicyclic amines) is 1. The molecule has 1 unspecified atom stereocenters. The van der Waals surface area contributed by atoms with E-state index in [0.29, 0.717) is 25.2 Å². The van der Waals surface area contributed by atoms with Crippen molar-refractivity contribution in [3.63, 3.8) is 0 Å². The lowest BCUT2D eigenvalue weighted by atomic mass is 9.98. The van der Waals surface area contributed by atoms with E-state index in [1.165, 1.54) is 29.2 Å². The number of carbonyl (C=O) groups is 2. The third kappa shape index (κ3) is 4.90. The molecule has 1 saturated heterocycles. The van der Waals surface area contributed by atoms with Gasteiger partial charge in [0.05, 0.1) is 17.4 Å². The molecule has 1 amide bonds. The molecule has 1 aromatic rings. The van der Waals surface area contributed by atoms with Crippen LogP contribution in [0.15, 0.2) is 24.3 Å². The largest absolute Gasteiger partial charge is 0.481 e. The number of amides is 1. The Kier molecular flexibility index (Phi) is 7.12. The molecule has 1 fully saturated rings. The number of hydrogen-bond donors (Lipinski definition) is 1. The maximum atomic E-state index is 12.3. The summed E-state index contributed by atoms with van der Waals surface area (Å²) in [6.45, 7) is 1.20. The summed E-state index contributed by atoms with van der Waals surface area (Å²) in [5.41, 5.74) is 0.530. The molecule has 1 aliphatic rings. The lowest BCUT2D eigenvalue weighted by Crippen LogP contribution is -2.44. The number of nitro benzene ring substituents is 1. The van der Waals surface area contributed by atoms with E-state index in [4.69, 9.17) is 5.11 Å². The number of rotatable bonds is 5. The average Bonchev–Trinajstić information content (AvgIpc) is 2.54. The third-order valence-corrected chi connectivity index (χ3v) is 4.04. The number of carboxylic acids is 1. The van der Waals surface area contributed by atoms with Gasteiger partial charge in [-0.2, -0.15) is 0 Å². The summed E-state index contributed by atoms with van der Waals surface area (Å²) in [6, 6.07) is 5.74. The van der Waals surface area contributed by atoms with Gasteiger partial charge in [-0.25, -0.2) is 0 Å². The third-order valence-electron chi connectivity index (χ3n) is 4.04. The van der Waals surface area contributed by atoms with Gasteiger partial charge in [0.15, 0.2) is 0 Å². The number of benzene rings is 1. The van der Waals surface area contributed by atoms with E-state index in [1.807, 2.05) is 4.90 Å². The lowest BCUT2D eigenvalue weighted by Gasteiger charge is -2.31. The van der Waals surface area contributed by atoms with Crippen LogP contribution in [0.4, 0.5) is 11.4 Å². The van der Waals surface area contributed by atoms with Gasteiger partial charge >= 0.3 is 5.97 Å². The molecule has 9 heteroatoms. The van der Waals surface area contributed by atoms with Crippen LogP contribution < -0.4 is 4.90 Å². The maximum absolute atomic E-state index is 12.3. The number of non-ortho nitro benzene ring substituents is 1. The van der Waals surface area contributed by atoms with E-state index < -0.39 is 16.8 Å². The highest BCUT2D eigenvalue weighted by Crippen LogP contribution is 2.20. The Bertz CT molecular complexity index is 608. The Hall–Kier alpha value is -2.19. The normalized spacial score (nSPS) is 17.6. The molecule has 132 valence electrons. The number of halogens is 1. The number of carbonyl (C=O) groups excluding carboxylic acids is 1. The second-order valence-electron chi connectivity index (χ2n) is 5.64. The van der Waals surface area contributed by atoms with E-state index in [0.717, 1.165) is 6.42 Å². The van der Waals surface area contributed by atoms with E-state index in [1.54, 1.807) is 7.05 Å². The Labute approximate surface area is 145 Å². The van der Waals surface area contributed by atoms with Crippen LogP contribution in [0.2, 0.25) is 0 Å². The smallest absolute Gasteiger partial charge is 0.307 e. The van der Waals surface area contributed by atoms with Crippen molar-refractivity contribution in [2.45, 2.75) is 12.8 Å². The zero-order valence-corrected chi connectivity index (χ0v) is 14.1. The van der Waals surface area contributed by atoms with E-state index in [-0.39, 0.29) is 30.5 Å². The summed E-state index contributed by atoms with van der Waals surface area (Å²) >= 11 is 0. The van der Waals surface area contributed by atoms with Crippen LogP contribution in [0.25, 0.3) is 0 Å². The van der Waals surface area contributed by atoms with E-state index >= 15 is 0 Å². The average molecular weight is 358 g/mol. The Morgan fingerprint density at radius 1 is 1.38 bits per heavy atom. The fraction of sp³-hybridized carbons (Fsp3) is 0.467. The first kappa shape index (κ1) is 19.9. The first-order chi connectivity index (χ1) is 10.9. The molecule has 0 aromatic heterocycles. The van der Waals surface area contributed by atoms with Gasteiger partial charge < -0.3 is 10.0 Å². The van der Waals surface area contributed by atoms with Gasteiger partial charge in [0.2, 0.25) is 5.91 Å². The summed E-state index contributed by atoms with van der Waals surface area (Å²) in [5.74, 6) is -1.43.